The van der Waals surface area contributed by atoms with Gasteiger partial charge < -0.3 is 0 Å². The summed E-state index contributed by atoms with van der Waals surface area (Å²) in [4.78, 5) is 0. The van der Waals surface area contributed by atoms with Crippen LogP contribution in [0.2, 0.25) is 0 Å². The molecule has 0 radical (unpaired) electrons. The predicted molar refractivity (Wildman–Crippen MR) is 41.5 cm³/mol. The van der Waals surface area contributed by atoms with E-state index >= 15 is 0 Å². The molecule has 0 heteroatoms. The number of hydrogen-bond acceptors (Lipinski definition) is 0. The van der Waals surface area contributed by atoms with Crippen LogP contribution in [0.5, 0.6) is 0 Å². The smallest absolute Gasteiger partial charge is 0.0297 e. The SMILES string of the molecule is C1CC2(C1)CCC2.CC. The molecular formula is C9H18. The topological polar surface area (TPSA) is 0 Å². The Morgan fingerprint density at radius 3 is 1.11 bits per heavy atom. The van der Waals surface area contributed by atoms with Crippen LogP contribution < -0.4 is 0 Å². The van der Waals surface area contributed by atoms with Crippen molar-refractivity contribution in [3.8, 4) is 0 Å². The van der Waals surface area contributed by atoms with Crippen LogP contribution in [0.1, 0.15) is 52.4 Å². The molecule has 2 fully saturated rings. The van der Waals surface area contributed by atoms with Gasteiger partial charge in [-0.05, 0) is 31.1 Å². The van der Waals surface area contributed by atoms with Crippen molar-refractivity contribution in [3.63, 3.8) is 0 Å². The van der Waals surface area contributed by atoms with E-state index in [-0.39, 0.29) is 0 Å². The molecule has 0 heterocycles. The second-order valence-electron chi connectivity index (χ2n) is 3.21. The average molecular weight is 126 g/mol. The highest BCUT2D eigenvalue weighted by Gasteiger charge is 2.41. The van der Waals surface area contributed by atoms with Crippen molar-refractivity contribution in [3.05, 3.63) is 0 Å². The fourth-order valence-corrected chi connectivity index (χ4v) is 1.85. The third-order valence-corrected chi connectivity index (χ3v) is 2.83. The summed E-state index contributed by atoms with van der Waals surface area (Å²) < 4.78 is 0. The molecule has 0 N–H and O–H groups in total. The van der Waals surface area contributed by atoms with E-state index in [1.54, 1.807) is 25.7 Å². The van der Waals surface area contributed by atoms with Crippen molar-refractivity contribution in [1.29, 1.82) is 0 Å². The van der Waals surface area contributed by atoms with Gasteiger partial charge in [0.1, 0.15) is 0 Å². The Morgan fingerprint density at radius 2 is 1.11 bits per heavy atom. The van der Waals surface area contributed by atoms with Crippen molar-refractivity contribution in [2.24, 2.45) is 5.41 Å². The van der Waals surface area contributed by atoms with E-state index in [4.69, 9.17) is 0 Å². The van der Waals surface area contributed by atoms with Gasteiger partial charge in [-0.15, -0.1) is 0 Å². The van der Waals surface area contributed by atoms with Crippen molar-refractivity contribution >= 4 is 0 Å². The lowest BCUT2D eigenvalue weighted by molar-refractivity contribution is 0.0314. The molecule has 54 valence electrons. The summed E-state index contributed by atoms with van der Waals surface area (Å²) >= 11 is 0. The first kappa shape index (κ1) is 7.11. The van der Waals surface area contributed by atoms with Gasteiger partial charge >= 0.3 is 0 Å². The lowest BCUT2D eigenvalue weighted by Crippen LogP contribution is -2.35. The Kier molecular flexibility index (Phi) is 2.15. The first-order valence-corrected chi connectivity index (χ1v) is 4.41. The fraction of sp³-hybridized carbons (Fsp3) is 1.00. The Bertz CT molecular complexity index is 60.5. The summed E-state index contributed by atoms with van der Waals surface area (Å²) in [6.07, 6.45) is 9.31. The van der Waals surface area contributed by atoms with Crippen LogP contribution in [0.4, 0.5) is 0 Å². The molecule has 0 aliphatic heterocycles. The highest BCUT2D eigenvalue weighted by Crippen LogP contribution is 2.55. The van der Waals surface area contributed by atoms with Crippen LogP contribution in [-0.4, -0.2) is 0 Å². The predicted octanol–water partition coefficient (Wildman–Crippen LogP) is 3.37. The van der Waals surface area contributed by atoms with E-state index < -0.39 is 0 Å². The first-order chi connectivity index (χ1) is 4.41. The van der Waals surface area contributed by atoms with Crippen LogP contribution in [0.15, 0.2) is 0 Å². The van der Waals surface area contributed by atoms with Gasteiger partial charge in [0.25, 0.3) is 0 Å². The molecule has 2 aliphatic carbocycles. The molecule has 2 aliphatic rings. The molecule has 0 atom stereocenters. The standard InChI is InChI=1S/C7H12.C2H6/c1-3-7(4-1)5-2-6-7;1-2/h1-6H2;1-2H3. The molecule has 0 aromatic heterocycles. The zero-order chi connectivity index (χ0) is 6.74. The monoisotopic (exact) mass is 126 g/mol. The van der Waals surface area contributed by atoms with E-state index in [1.807, 2.05) is 13.8 Å². The van der Waals surface area contributed by atoms with Crippen LogP contribution in [0.25, 0.3) is 0 Å². The van der Waals surface area contributed by atoms with E-state index in [1.165, 1.54) is 12.8 Å². The minimum atomic E-state index is 0.944. The molecule has 0 aromatic carbocycles. The van der Waals surface area contributed by atoms with Crippen LogP contribution in [-0.2, 0) is 0 Å². The largest absolute Gasteiger partial charge is 0.0683 e. The highest BCUT2D eigenvalue weighted by atomic mass is 14.5. The molecule has 0 amide bonds. The summed E-state index contributed by atoms with van der Waals surface area (Å²) in [5.41, 5.74) is 0.944. The van der Waals surface area contributed by atoms with Crippen molar-refractivity contribution < 1.29 is 0 Å². The molecular weight excluding hydrogens is 108 g/mol. The first-order valence-electron chi connectivity index (χ1n) is 4.41. The summed E-state index contributed by atoms with van der Waals surface area (Å²) in [6, 6.07) is 0. The summed E-state index contributed by atoms with van der Waals surface area (Å²) in [5, 5.41) is 0. The van der Waals surface area contributed by atoms with Gasteiger partial charge in [0.15, 0.2) is 0 Å². The summed E-state index contributed by atoms with van der Waals surface area (Å²) in [7, 11) is 0. The van der Waals surface area contributed by atoms with E-state index in [0.717, 1.165) is 5.41 Å². The molecule has 0 unspecified atom stereocenters. The van der Waals surface area contributed by atoms with Crippen LogP contribution >= 0.6 is 0 Å². The lowest BCUT2D eigenvalue weighted by atomic mass is 9.56. The molecule has 0 saturated heterocycles. The van der Waals surface area contributed by atoms with Gasteiger partial charge in [0, 0.05) is 0 Å². The molecule has 2 saturated carbocycles. The maximum atomic E-state index is 2.00. The molecule has 9 heavy (non-hydrogen) atoms. The third-order valence-electron chi connectivity index (χ3n) is 2.83. The van der Waals surface area contributed by atoms with Crippen molar-refractivity contribution in [2.75, 3.05) is 0 Å². The summed E-state index contributed by atoms with van der Waals surface area (Å²) in [6.45, 7) is 4.00. The van der Waals surface area contributed by atoms with Crippen molar-refractivity contribution in [1.82, 2.24) is 0 Å². The second-order valence-corrected chi connectivity index (χ2v) is 3.21. The Labute approximate surface area is 58.7 Å². The second kappa shape index (κ2) is 2.72. The average Bonchev–Trinajstić information content (AvgIpc) is 1.63. The minimum Gasteiger partial charge on any atom is -0.0683 e. The Hall–Kier alpha value is 0. The van der Waals surface area contributed by atoms with Crippen molar-refractivity contribution in [2.45, 2.75) is 52.4 Å². The minimum absolute atomic E-state index is 0.944. The normalized spacial score (nSPS) is 27.3. The van der Waals surface area contributed by atoms with Gasteiger partial charge in [0.2, 0.25) is 0 Å². The maximum absolute atomic E-state index is 2.00. The molecule has 2 rings (SSSR count). The summed E-state index contributed by atoms with van der Waals surface area (Å²) in [5.74, 6) is 0. The highest BCUT2D eigenvalue weighted by molar-refractivity contribution is 4.93. The molecule has 0 aromatic rings. The number of hydrogen-bond donors (Lipinski definition) is 0. The molecule has 0 nitrogen and oxygen atoms in total. The van der Waals surface area contributed by atoms with E-state index in [2.05, 4.69) is 0 Å². The maximum Gasteiger partial charge on any atom is -0.0297 e. The van der Waals surface area contributed by atoms with Crippen LogP contribution in [0, 0.1) is 5.41 Å². The lowest BCUT2D eigenvalue weighted by Gasteiger charge is -2.49. The quantitative estimate of drug-likeness (QED) is 0.467. The fourth-order valence-electron chi connectivity index (χ4n) is 1.85. The zero-order valence-electron chi connectivity index (χ0n) is 6.74. The number of rotatable bonds is 0. The van der Waals surface area contributed by atoms with Gasteiger partial charge in [-0.3, -0.25) is 0 Å². The Balaban J connectivity index is 0.000000186. The van der Waals surface area contributed by atoms with Gasteiger partial charge in [-0.2, -0.15) is 0 Å². The Morgan fingerprint density at radius 1 is 0.778 bits per heavy atom. The van der Waals surface area contributed by atoms with Gasteiger partial charge in [-0.1, -0.05) is 26.7 Å². The van der Waals surface area contributed by atoms with E-state index in [0.29, 0.717) is 0 Å². The van der Waals surface area contributed by atoms with Gasteiger partial charge in [0.05, 0.1) is 0 Å². The van der Waals surface area contributed by atoms with Gasteiger partial charge in [-0.25, -0.2) is 0 Å². The molecule has 1 spiro atoms. The van der Waals surface area contributed by atoms with E-state index in [9.17, 15) is 0 Å². The third kappa shape index (κ3) is 1.12. The molecule has 0 bridgehead atoms. The zero-order valence-corrected chi connectivity index (χ0v) is 6.74. The van der Waals surface area contributed by atoms with Crippen LogP contribution in [0.3, 0.4) is 0 Å².